The second-order valence-electron chi connectivity index (χ2n) is 6.88. The molecule has 1 amide bonds. The van der Waals surface area contributed by atoms with Gasteiger partial charge in [0.1, 0.15) is 0 Å². The standard InChI is InChI=1S/C21H25N3O5/c1-2-28-20(26)18-8-12-23(13-9-18)19(25)15-29-21(27)17-6-4-16(5-7-17)14-24-11-3-10-22-24/h3-7,10-11,18H,2,8-9,12-15H2,1H3. The molecule has 8 heteroatoms. The zero-order valence-electron chi connectivity index (χ0n) is 16.5. The molecule has 2 aromatic rings. The summed E-state index contributed by atoms with van der Waals surface area (Å²) in [6.45, 7) is 3.36. The minimum Gasteiger partial charge on any atom is -0.466 e. The van der Waals surface area contributed by atoms with Gasteiger partial charge in [0.15, 0.2) is 6.61 Å². The van der Waals surface area contributed by atoms with E-state index in [1.807, 2.05) is 24.4 Å². The highest BCUT2D eigenvalue weighted by atomic mass is 16.5. The van der Waals surface area contributed by atoms with Crippen LogP contribution in [-0.2, 0) is 25.6 Å². The number of ether oxygens (including phenoxy) is 2. The predicted octanol–water partition coefficient (Wildman–Crippen LogP) is 1.89. The maximum absolute atomic E-state index is 12.3. The molecule has 1 saturated heterocycles. The molecule has 1 aromatic carbocycles. The Morgan fingerprint density at radius 1 is 1.10 bits per heavy atom. The van der Waals surface area contributed by atoms with Crippen LogP contribution in [0.1, 0.15) is 35.7 Å². The van der Waals surface area contributed by atoms with Gasteiger partial charge in [-0.3, -0.25) is 14.3 Å². The summed E-state index contributed by atoms with van der Waals surface area (Å²) in [7, 11) is 0. The number of rotatable bonds is 7. The van der Waals surface area contributed by atoms with Crippen molar-refractivity contribution in [2.45, 2.75) is 26.3 Å². The van der Waals surface area contributed by atoms with Crippen molar-refractivity contribution in [3.8, 4) is 0 Å². The first-order chi connectivity index (χ1) is 14.1. The van der Waals surface area contributed by atoms with E-state index in [4.69, 9.17) is 9.47 Å². The van der Waals surface area contributed by atoms with Gasteiger partial charge in [0, 0.05) is 25.5 Å². The van der Waals surface area contributed by atoms with E-state index < -0.39 is 5.97 Å². The van der Waals surface area contributed by atoms with E-state index in [1.165, 1.54) is 0 Å². The largest absolute Gasteiger partial charge is 0.466 e. The number of amides is 1. The third-order valence-corrected chi connectivity index (χ3v) is 4.89. The van der Waals surface area contributed by atoms with Crippen LogP contribution in [0.4, 0.5) is 0 Å². The van der Waals surface area contributed by atoms with Gasteiger partial charge in [-0.1, -0.05) is 12.1 Å². The van der Waals surface area contributed by atoms with Gasteiger partial charge in [0.05, 0.1) is 24.6 Å². The summed E-state index contributed by atoms with van der Waals surface area (Å²) in [5.41, 5.74) is 1.40. The highest BCUT2D eigenvalue weighted by Crippen LogP contribution is 2.19. The molecule has 0 atom stereocenters. The van der Waals surface area contributed by atoms with Crippen LogP contribution in [0.25, 0.3) is 0 Å². The van der Waals surface area contributed by atoms with Gasteiger partial charge < -0.3 is 14.4 Å². The van der Waals surface area contributed by atoms with E-state index in [2.05, 4.69) is 5.10 Å². The SMILES string of the molecule is CCOC(=O)C1CCN(C(=O)COC(=O)c2ccc(Cn3cccn3)cc2)CC1. The van der Waals surface area contributed by atoms with Gasteiger partial charge in [-0.2, -0.15) is 5.10 Å². The Labute approximate surface area is 169 Å². The van der Waals surface area contributed by atoms with Crippen molar-refractivity contribution in [1.29, 1.82) is 0 Å². The molecule has 3 rings (SSSR count). The first-order valence-corrected chi connectivity index (χ1v) is 9.74. The summed E-state index contributed by atoms with van der Waals surface area (Å²) in [6.07, 6.45) is 4.71. The summed E-state index contributed by atoms with van der Waals surface area (Å²) in [5, 5.41) is 4.14. The molecule has 0 aliphatic carbocycles. The van der Waals surface area contributed by atoms with Gasteiger partial charge in [0.25, 0.3) is 5.91 Å². The minimum atomic E-state index is -0.537. The minimum absolute atomic E-state index is 0.165. The van der Waals surface area contributed by atoms with Crippen molar-refractivity contribution >= 4 is 17.8 Å². The summed E-state index contributed by atoms with van der Waals surface area (Å²) in [4.78, 5) is 37.9. The average Bonchev–Trinajstić information content (AvgIpc) is 3.25. The number of carbonyl (C=O) groups excluding carboxylic acids is 3. The van der Waals surface area contributed by atoms with Crippen LogP contribution in [0, 0.1) is 5.92 Å². The van der Waals surface area contributed by atoms with Gasteiger partial charge in [-0.25, -0.2) is 4.79 Å². The number of hydrogen-bond donors (Lipinski definition) is 0. The van der Waals surface area contributed by atoms with Crippen LogP contribution < -0.4 is 0 Å². The van der Waals surface area contributed by atoms with Crippen LogP contribution in [-0.4, -0.2) is 58.8 Å². The van der Waals surface area contributed by atoms with E-state index in [0.29, 0.717) is 44.6 Å². The molecule has 1 aromatic heterocycles. The van der Waals surface area contributed by atoms with Gasteiger partial charge in [-0.15, -0.1) is 0 Å². The fraction of sp³-hybridized carbons (Fsp3) is 0.429. The molecule has 2 heterocycles. The second-order valence-corrected chi connectivity index (χ2v) is 6.88. The Balaban J connectivity index is 1.43. The molecule has 29 heavy (non-hydrogen) atoms. The number of likely N-dealkylation sites (tertiary alicyclic amines) is 1. The molecule has 0 N–H and O–H groups in total. The fourth-order valence-corrected chi connectivity index (χ4v) is 3.25. The van der Waals surface area contributed by atoms with E-state index in [1.54, 1.807) is 34.8 Å². The van der Waals surface area contributed by atoms with Gasteiger partial charge in [-0.05, 0) is 43.5 Å². The zero-order valence-corrected chi connectivity index (χ0v) is 16.5. The maximum atomic E-state index is 12.3. The fourth-order valence-electron chi connectivity index (χ4n) is 3.25. The normalized spacial score (nSPS) is 14.4. The summed E-state index contributed by atoms with van der Waals surface area (Å²) in [6, 6.07) is 8.87. The first kappa shape index (κ1) is 20.6. The summed E-state index contributed by atoms with van der Waals surface area (Å²) >= 11 is 0. The van der Waals surface area contributed by atoms with Crippen LogP contribution in [0.15, 0.2) is 42.7 Å². The van der Waals surface area contributed by atoms with Crippen molar-refractivity contribution in [2.75, 3.05) is 26.3 Å². The monoisotopic (exact) mass is 399 g/mol. The number of benzene rings is 1. The number of piperidine rings is 1. The Bertz CT molecular complexity index is 825. The van der Waals surface area contributed by atoms with Crippen molar-refractivity contribution < 1.29 is 23.9 Å². The number of carbonyl (C=O) groups is 3. The highest BCUT2D eigenvalue weighted by molar-refractivity contribution is 5.91. The van der Waals surface area contributed by atoms with E-state index in [9.17, 15) is 14.4 Å². The number of aromatic nitrogens is 2. The molecular weight excluding hydrogens is 374 g/mol. The molecule has 154 valence electrons. The third-order valence-electron chi connectivity index (χ3n) is 4.89. The lowest BCUT2D eigenvalue weighted by Gasteiger charge is -2.30. The lowest BCUT2D eigenvalue weighted by molar-refractivity contribution is -0.151. The summed E-state index contributed by atoms with van der Waals surface area (Å²) < 4.78 is 12.0. The van der Waals surface area contributed by atoms with Crippen molar-refractivity contribution in [1.82, 2.24) is 14.7 Å². The Kier molecular flexibility index (Phi) is 6.99. The Hall–Kier alpha value is -3.16. The molecule has 0 bridgehead atoms. The highest BCUT2D eigenvalue weighted by Gasteiger charge is 2.28. The van der Waals surface area contributed by atoms with Crippen LogP contribution in [0.5, 0.6) is 0 Å². The first-order valence-electron chi connectivity index (χ1n) is 9.74. The molecular formula is C21H25N3O5. The van der Waals surface area contributed by atoms with Crippen molar-refractivity contribution in [3.63, 3.8) is 0 Å². The molecule has 0 unspecified atom stereocenters. The van der Waals surface area contributed by atoms with E-state index in [0.717, 1.165) is 5.56 Å². The smallest absolute Gasteiger partial charge is 0.338 e. The molecule has 0 saturated carbocycles. The second kappa shape index (κ2) is 9.86. The van der Waals surface area contributed by atoms with E-state index >= 15 is 0 Å². The topological polar surface area (TPSA) is 90.7 Å². The zero-order chi connectivity index (χ0) is 20.6. The third kappa shape index (κ3) is 5.66. The average molecular weight is 399 g/mol. The lowest BCUT2D eigenvalue weighted by Crippen LogP contribution is -2.42. The van der Waals surface area contributed by atoms with Crippen LogP contribution in [0.2, 0.25) is 0 Å². The number of esters is 2. The number of hydrogen-bond acceptors (Lipinski definition) is 6. The predicted molar refractivity (Wildman–Crippen MR) is 104 cm³/mol. The Morgan fingerprint density at radius 3 is 2.45 bits per heavy atom. The van der Waals surface area contributed by atoms with Crippen LogP contribution >= 0.6 is 0 Å². The molecule has 0 radical (unpaired) electrons. The Morgan fingerprint density at radius 2 is 1.83 bits per heavy atom. The van der Waals surface area contributed by atoms with Crippen molar-refractivity contribution in [3.05, 3.63) is 53.9 Å². The molecule has 1 aliphatic rings. The molecule has 0 spiro atoms. The maximum Gasteiger partial charge on any atom is 0.338 e. The quantitative estimate of drug-likeness (QED) is 0.661. The van der Waals surface area contributed by atoms with Crippen LogP contribution in [0.3, 0.4) is 0 Å². The van der Waals surface area contributed by atoms with Gasteiger partial charge >= 0.3 is 11.9 Å². The lowest BCUT2D eigenvalue weighted by atomic mass is 9.97. The summed E-state index contributed by atoms with van der Waals surface area (Å²) in [5.74, 6) is -1.16. The molecule has 1 aliphatic heterocycles. The van der Waals surface area contributed by atoms with Gasteiger partial charge in [0.2, 0.25) is 0 Å². The van der Waals surface area contributed by atoms with Crippen molar-refractivity contribution in [2.24, 2.45) is 5.92 Å². The number of nitrogens with zero attached hydrogens (tertiary/aromatic N) is 3. The molecule has 8 nitrogen and oxygen atoms in total. The molecule has 1 fully saturated rings. The van der Waals surface area contributed by atoms with E-state index in [-0.39, 0.29) is 24.4 Å².